The molecule has 3 unspecified atom stereocenters. The normalized spacial score (nSPS) is 14.5. The number of thioether (sulfide) groups is 2. The molecule has 0 saturated carbocycles. The Morgan fingerprint density at radius 1 is 1.18 bits per heavy atom. The van der Waals surface area contributed by atoms with Gasteiger partial charge in [0.15, 0.2) is 0 Å². The minimum absolute atomic E-state index is 0.0166. The van der Waals surface area contributed by atoms with Crippen molar-refractivity contribution in [2.75, 3.05) is 18.2 Å². The number of benzene rings is 2. The molecule has 6 nitrogen and oxygen atoms in total. The maximum absolute atomic E-state index is 11.5. The van der Waals surface area contributed by atoms with Crippen LogP contribution in [0, 0.1) is 0 Å². The average Bonchev–Trinajstić information content (AvgIpc) is 2.78. The van der Waals surface area contributed by atoms with Crippen LogP contribution in [0.1, 0.15) is 39.7 Å². The number of carbonyl (C=O) groups excluding carboxylic acids is 1. The fourth-order valence-electron chi connectivity index (χ4n) is 3.46. The van der Waals surface area contributed by atoms with E-state index in [1.165, 1.54) is 11.8 Å². The number of aliphatic imine (C=N–C) groups is 1. The standard InChI is InChI=1S/C25H36N4O2S2/c1-7-9-19-12-13-22(33-17(3)24(16(2)26)31-18(4)30)15-23(19)28-25(27)29(5)20-10-8-11-21(14-20)32-6/h8,10-17,24H,7,9,26H2,1-6H3,(H2,27,28). The summed E-state index contributed by atoms with van der Waals surface area (Å²) in [6.07, 6.45) is 3.59. The predicted octanol–water partition coefficient (Wildman–Crippen LogP) is 5.20. The molecular weight excluding hydrogens is 452 g/mol. The first-order chi connectivity index (χ1) is 15.7. The molecule has 180 valence electrons. The molecule has 0 radical (unpaired) electrons. The molecule has 2 aromatic carbocycles. The number of nitrogens with zero attached hydrogens (tertiary/aromatic N) is 2. The van der Waals surface area contributed by atoms with E-state index in [2.05, 4.69) is 43.5 Å². The third-order valence-electron chi connectivity index (χ3n) is 5.20. The molecule has 3 atom stereocenters. The largest absolute Gasteiger partial charge is 0.460 e. The molecule has 0 aliphatic carbocycles. The molecule has 0 fully saturated rings. The van der Waals surface area contributed by atoms with Gasteiger partial charge in [-0.3, -0.25) is 4.79 Å². The number of guanidine groups is 1. The highest BCUT2D eigenvalue weighted by Crippen LogP contribution is 2.33. The summed E-state index contributed by atoms with van der Waals surface area (Å²) in [6, 6.07) is 14.2. The van der Waals surface area contributed by atoms with Gasteiger partial charge in [0.2, 0.25) is 5.96 Å². The Hall–Kier alpha value is -2.16. The number of aryl methyl sites for hydroxylation is 1. The van der Waals surface area contributed by atoms with Crippen molar-refractivity contribution in [2.45, 2.75) is 67.7 Å². The van der Waals surface area contributed by atoms with Crippen molar-refractivity contribution in [1.29, 1.82) is 0 Å². The van der Waals surface area contributed by atoms with Crippen molar-refractivity contribution in [3.63, 3.8) is 0 Å². The second-order valence-electron chi connectivity index (χ2n) is 8.03. The summed E-state index contributed by atoms with van der Waals surface area (Å²) in [5, 5.41) is -0.0166. The Morgan fingerprint density at radius 2 is 1.91 bits per heavy atom. The summed E-state index contributed by atoms with van der Waals surface area (Å²) >= 11 is 3.31. The molecule has 2 aromatic rings. The summed E-state index contributed by atoms with van der Waals surface area (Å²) in [6.45, 7) is 7.43. The van der Waals surface area contributed by atoms with Crippen LogP contribution in [0.3, 0.4) is 0 Å². The summed E-state index contributed by atoms with van der Waals surface area (Å²) in [5.74, 6) is 0.101. The summed E-state index contributed by atoms with van der Waals surface area (Å²) < 4.78 is 5.46. The van der Waals surface area contributed by atoms with Crippen molar-refractivity contribution in [3.8, 4) is 0 Å². The van der Waals surface area contributed by atoms with Gasteiger partial charge in [-0.05, 0) is 62.4 Å². The van der Waals surface area contributed by atoms with E-state index in [4.69, 9.17) is 21.2 Å². The van der Waals surface area contributed by atoms with E-state index in [9.17, 15) is 4.79 Å². The van der Waals surface area contributed by atoms with E-state index in [1.807, 2.05) is 37.9 Å². The van der Waals surface area contributed by atoms with Crippen molar-refractivity contribution >= 4 is 46.8 Å². The van der Waals surface area contributed by atoms with Crippen molar-refractivity contribution in [1.82, 2.24) is 0 Å². The zero-order valence-corrected chi connectivity index (χ0v) is 22.0. The monoisotopic (exact) mass is 488 g/mol. The molecule has 0 aromatic heterocycles. The summed E-state index contributed by atoms with van der Waals surface area (Å²) in [7, 11) is 1.92. The van der Waals surface area contributed by atoms with Crippen molar-refractivity contribution in [3.05, 3.63) is 48.0 Å². The highest BCUT2D eigenvalue weighted by Gasteiger charge is 2.25. The van der Waals surface area contributed by atoms with Crippen LogP contribution in [0.2, 0.25) is 0 Å². The van der Waals surface area contributed by atoms with E-state index in [-0.39, 0.29) is 23.4 Å². The number of nitrogens with two attached hydrogens (primary N) is 2. The van der Waals surface area contributed by atoms with Crippen LogP contribution in [0.15, 0.2) is 57.2 Å². The predicted molar refractivity (Wildman–Crippen MR) is 143 cm³/mol. The maximum atomic E-state index is 11.5. The van der Waals surface area contributed by atoms with Gasteiger partial charge in [-0.2, -0.15) is 0 Å². The molecule has 0 aliphatic rings. The van der Waals surface area contributed by atoms with E-state index in [1.54, 1.807) is 23.5 Å². The Morgan fingerprint density at radius 3 is 2.52 bits per heavy atom. The quantitative estimate of drug-likeness (QED) is 0.205. The number of anilines is 1. The summed E-state index contributed by atoms with van der Waals surface area (Å²) in [4.78, 5) is 20.4. The SMILES string of the molecule is CCCc1ccc(SC(C)C(OC(C)=O)C(C)N)cc1N=C(N)N(C)c1cccc(SC)c1. The lowest BCUT2D eigenvalue weighted by molar-refractivity contribution is -0.147. The van der Waals surface area contributed by atoms with Crippen LogP contribution < -0.4 is 16.4 Å². The number of ether oxygens (including phenoxy) is 1. The van der Waals surface area contributed by atoms with Gasteiger partial charge in [0, 0.05) is 40.7 Å². The number of hydrogen-bond donors (Lipinski definition) is 2. The Kier molecular flexibility index (Phi) is 10.6. The van der Waals surface area contributed by atoms with Crippen LogP contribution in [0.5, 0.6) is 0 Å². The molecule has 8 heteroatoms. The van der Waals surface area contributed by atoms with Crippen LogP contribution in [-0.4, -0.2) is 42.6 Å². The van der Waals surface area contributed by atoms with Crippen LogP contribution >= 0.6 is 23.5 Å². The van der Waals surface area contributed by atoms with Gasteiger partial charge in [0.05, 0.1) is 5.69 Å². The molecule has 0 saturated heterocycles. The Labute approximate surface area is 206 Å². The minimum atomic E-state index is -0.380. The smallest absolute Gasteiger partial charge is 0.302 e. The number of esters is 1. The molecule has 0 aliphatic heterocycles. The maximum Gasteiger partial charge on any atom is 0.302 e. The van der Waals surface area contributed by atoms with Crippen molar-refractivity contribution in [2.24, 2.45) is 16.5 Å². The molecule has 2 rings (SSSR count). The topological polar surface area (TPSA) is 93.9 Å². The molecule has 4 N–H and O–H groups in total. The first kappa shape index (κ1) is 27.1. The van der Waals surface area contributed by atoms with Gasteiger partial charge in [-0.1, -0.05) is 25.5 Å². The number of carbonyl (C=O) groups is 1. The van der Waals surface area contributed by atoms with E-state index in [0.717, 1.165) is 34.7 Å². The Bertz CT molecular complexity index is 965. The third kappa shape index (κ3) is 7.98. The van der Waals surface area contributed by atoms with Gasteiger partial charge in [-0.15, -0.1) is 23.5 Å². The number of rotatable bonds is 10. The summed E-state index contributed by atoms with van der Waals surface area (Å²) in [5.41, 5.74) is 15.5. The lowest BCUT2D eigenvalue weighted by atomic mass is 10.1. The van der Waals surface area contributed by atoms with Gasteiger partial charge in [-0.25, -0.2) is 4.99 Å². The van der Waals surface area contributed by atoms with Crippen LogP contribution in [0.4, 0.5) is 11.4 Å². The van der Waals surface area contributed by atoms with Crippen LogP contribution in [0.25, 0.3) is 0 Å². The minimum Gasteiger partial charge on any atom is -0.460 e. The van der Waals surface area contributed by atoms with Crippen molar-refractivity contribution < 1.29 is 9.53 Å². The lowest BCUT2D eigenvalue weighted by Crippen LogP contribution is -2.41. The molecule has 33 heavy (non-hydrogen) atoms. The fourth-order valence-corrected chi connectivity index (χ4v) is 5.10. The highest BCUT2D eigenvalue weighted by atomic mass is 32.2. The fraction of sp³-hybridized carbons (Fsp3) is 0.440. The molecule has 0 amide bonds. The molecule has 0 spiro atoms. The average molecular weight is 489 g/mol. The molecule has 0 bridgehead atoms. The Balaban J connectivity index is 2.33. The van der Waals surface area contributed by atoms with E-state index >= 15 is 0 Å². The second-order valence-corrected chi connectivity index (χ2v) is 10.4. The van der Waals surface area contributed by atoms with Gasteiger partial charge >= 0.3 is 5.97 Å². The van der Waals surface area contributed by atoms with Crippen LogP contribution in [-0.2, 0) is 16.0 Å². The lowest BCUT2D eigenvalue weighted by Gasteiger charge is -2.26. The number of hydrogen-bond acceptors (Lipinski definition) is 6. The zero-order valence-electron chi connectivity index (χ0n) is 20.4. The third-order valence-corrected chi connectivity index (χ3v) is 7.09. The molecular formula is C25H36N4O2S2. The second kappa shape index (κ2) is 12.9. The van der Waals surface area contributed by atoms with Gasteiger partial charge < -0.3 is 21.1 Å². The van der Waals surface area contributed by atoms with E-state index < -0.39 is 0 Å². The first-order valence-corrected chi connectivity index (χ1v) is 13.2. The zero-order chi connectivity index (χ0) is 24.5. The highest BCUT2D eigenvalue weighted by molar-refractivity contribution is 8.00. The first-order valence-electron chi connectivity index (χ1n) is 11.1. The van der Waals surface area contributed by atoms with Gasteiger partial charge in [0.25, 0.3) is 0 Å². The van der Waals surface area contributed by atoms with Gasteiger partial charge in [0.1, 0.15) is 6.10 Å². The molecule has 0 heterocycles. The van der Waals surface area contributed by atoms with E-state index in [0.29, 0.717) is 5.96 Å².